The first kappa shape index (κ1) is 16.1. The van der Waals surface area contributed by atoms with Gasteiger partial charge in [-0.3, -0.25) is 14.3 Å². The Hall–Kier alpha value is -1.92. The Bertz CT molecular complexity index is 587. The molecule has 1 aliphatic rings. The number of aromatic amines is 1. The SMILES string of the molecule is C#CC.O=c1ccn([C@@H]2O[C@H](CO)[C@@H](O)[C@H]2O)c(=O)[nH]1. The van der Waals surface area contributed by atoms with Gasteiger partial charge in [0.05, 0.1) is 6.61 Å². The molecule has 1 aromatic heterocycles. The van der Waals surface area contributed by atoms with E-state index in [1.54, 1.807) is 6.92 Å². The Labute approximate surface area is 114 Å². The molecule has 4 atom stereocenters. The fourth-order valence-electron chi connectivity index (χ4n) is 1.74. The molecule has 0 aliphatic carbocycles. The summed E-state index contributed by atoms with van der Waals surface area (Å²) in [6.07, 6.45) is 1.02. The molecule has 0 saturated carbocycles. The first-order valence-electron chi connectivity index (χ1n) is 5.77. The lowest BCUT2D eigenvalue weighted by Gasteiger charge is -2.16. The van der Waals surface area contributed by atoms with E-state index in [1.165, 1.54) is 0 Å². The van der Waals surface area contributed by atoms with Gasteiger partial charge in [-0.05, 0) is 6.92 Å². The van der Waals surface area contributed by atoms with Crippen molar-refractivity contribution in [3.8, 4) is 12.3 Å². The van der Waals surface area contributed by atoms with Crippen LogP contribution in [0.5, 0.6) is 0 Å². The van der Waals surface area contributed by atoms with Crippen molar-refractivity contribution in [2.24, 2.45) is 0 Å². The van der Waals surface area contributed by atoms with E-state index in [1.807, 2.05) is 4.98 Å². The second-order valence-electron chi connectivity index (χ2n) is 4.03. The molecule has 0 amide bonds. The lowest BCUT2D eigenvalue weighted by atomic mass is 10.1. The summed E-state index contributed by atoms with van der Waals surface area (Å²) in [5.74, 6) is 2.25. The van der Waals surface area contributed by atoms with E-state index in [2.05, 4.69) is 12.3 Å². The number of aliphatic hydroxyl groups is 3. The molecule has 1 aliphatic heterocycles. The van der Waals surface area contributed by atoms with Crippen LogP contribution in [-0.4, -0.2) is 49.8 Å². The number of hydrogen-bond donors (Lipinski definition) is 4. The van der Waals surface area contributed by atoms with E-state index in [0.29, 0.717) is 0 Å². The average molecular weight is 284 g/mol. The van der Waals surface area contributed by atoms with Crippen molar-refractivity contribution < 1.29 is 20.1 Å². The van der Waals surface area contributed by atoms with Crippen molar-refractivity contribution in [1.29, 1.82) is 0 Å². The number of aliphatic hydroxyl groups excluding tert-OH is 3. The van der Waals surface area contributed by atoms with Crippen molar-refractivity contribution in [3.05, 3.63) is 33.1 Å². The maximum absolute atomic E-state index is 11.4. The molecule has 0 bridgehead atoms. The highest BCUT2D eigenvalue weighted by molar-refractivity contribution is 4.92. The zero-order chi connectivity index (χ0) is 15.3. The van der Waals surface area contributed by atoms with Crippen molar-refractivity contribution in [2.75, 3.05) is 6.61 Å². The average Bonchev–Trinajstić information content (AvgIpc) is 2.67. The molecule has 0 unspecified atom stereocenters. The van der Waals surface area contributed by atoms with Crippen LogP contribution in [0.3, 0.4) is 0 Å². The summed E-state index contributed by atoms with van der Waals surface area (Å²) in [6.45, 7) is 1.17. The Morgan fingerprint density at radius 3 is 2.50 bits per heavy atom. The van der Waals surface area contributed by atoms with Crippen LogP contribution in [0.1, 0.15) is 13.2 Å². The largest absolute Gasteiger partial charge is 0.394 e. The summed E-state index contributed by atoms with van der Waals surface area (Å²) < 4.78 is 6.08. The van der Waals surface area contributed by atoms with Crippen LogP contribution < -0.4 is 11.2 Å². The molecular weight excluding hydrogens is 268 g/mol. The molecule has 2 rings (SSSR count). The molecule has 0 aromatic carbocycles. The van der Waals surface area contributed by atoms with Crippen molar-refractivity contribution in [1.82, 2.24) is 9.55 Å². The summed E-state index contributed by atoms with van der Waals surface area (Å²) in [7, 11) is 0. The first-order valence-corrected chi connectivity index (χ1v) is 5.77. The third-order valence-corrected chi connectivity index (χ3v) is 2.64. The van der Waals surface area contributed by atoms with Gasteiger partial charge in [-0.1, -0.05) is 0 Å². The van der Waals surface area contributed by atoms with Gasteiger partial charge in [0.15, 0.2) is 6.23 Å². The molecule has 0 radical (unpaired) electrons. The standard InChI is InChI=1S/C9H12N2O6.C3H4/c12-3-4-6(14)7(15)8(17-4)11-2-1-5(13)10-9(11)16;1-3-2/h1-2,4,6-8,12,14-15H,3H2,(H,10,13,16);1H,2H3/t4-,6-,7-,8-;/m1./s1. The fraction of sp³-hybridized carbons (Fsp3) is 0.500. The van der Waals surface area contributed by atoms with Crippen LogP contribution in [0.15, 0.2) is 21.9 Å². The molecule has 1 saturated heterocycles. The fourth-order valence-corrected chi connectivity index (χ4v) is 1.74. The normalized spacial score (nSPS) is 28.4. The maximum Gasteiger partial charge on any atom is 0.330 e. The van der Waals surface area contributed by atoms with E-state index in [0.717, 1.165) is 16.8 Å². The first-order chi connectivity index (χ1) is 9.46. The lowest BCUT2D eigenvalue weighted by Crippen LogP contribution is -2.37. The summed E-state index contributed by atoms with van der Waals surface area (Å²) in [5.41, 5.74) is -1.33. The van der Waals surface area contributed by atoms with Crippen LogP contribution in [0.25, 0.3) is 0 Å². The van der Waals surface area contributed by atoms with E-state index in [9.17, 15) is 19.8 Å². The molecule has 110 valence electrons. The van der Waals surface area contributed by atoms with Crippen LogP contribution in [-0.2, 0) is 4.74 Å². The van der Waals surface area contributed by atoms with E-state index >= 15 is 0 Å². The minimum Gasteiger partial charge on any atom is -0.394 e. The van der Waals surface area contributed by atoms with Gasteiger partial charge >= 0.3 is 5.69 Å². The second kappa shape index (κ2) is 7.02. The van der Waals surface area contributed by atoms with Gasteiger partial charge in [0.1, 0.15) is 18.3 Å². The highest BCUT2D eigenvalue weighted by atomic mass is 16.6. The third-order valence-electron chi connectivity index (χ3n) is 2.64. The van der Waals surface area contributed by atoms with E-state index < -0.39 is 42.4 Å². The minimum atomic E-state index is -1.35. The van der Waals surface area contributed by atoms with Crippen LogP contribution in [0.4, 0.5) is 0 Å². The zero-order valence-electron chi connectivity index (χ0n) is 10.8. The smallest absolute Gasteiger partial charge is 0.330 e. The molecular formula is C12H16N2O6. The number of hydrogen-bond acceptors (Lipinski definition) is 6. The van der Waals surface area contributed by atoms with Crippen LogP contribution >= 0.6 is 0 Å². The molecule has 0 spiro atoms. The number of nitrogens with one attached hydrogen (secondary N) is 1. The highest BCUT2D eigenvalue weighted by Crippen LogP contribution is 2.27. The molecule has 20 heavy (non-hydrogen) atoms. The van der Waals surface area contributed by atoms with Gasteiger partial charge in [-0.25, -0.2) is 4.79 Å². The summed E-state index contributed by atoms with van der Waals surface area (Å²) in [5, 5.41) is 28.1. The predicted molar refractivity (Wildman–Crippen MR) is 68.8 cm³/mol. The quantitative estimate of drug-likeness (QED) is 0.456. The molecule has 1 fully saturated rings. The number of aromatic nitrogens is 2. The third kappa shape index (κ3) is 3.34. The number of rotatable bonds is 2. The number of ether oxygens (including phenoxy) is 1. The number of H-pyrrole nitrogens is 1. The van der Waals surface area contributed by atoms with Crippen molar-refractivity contribution >= 4 is 0 Å². The minimum absolute atomic E-state index is 0.479. The zero-order valence-corrected chi connectivity index (χ0v) is 10.8. The number of terminal acetylenes is 1. The summed E-state index contributed by atoms with van der Waals surface area (Å²) in [6, 6.07) is 1.09. The van der Waals surface area contributed by atoms with Gasteiger partial charge in [-0.2, -0.15) is 0 Å². The Balaban J connectivity index is 0.000000612. The highest BCUT2D eigenvalue weighted by Gasteiger charge is 2.43. The van der Waals surface area contributed by atoms with E-state index in [4.69, 9.17) is 9.84 Å². The topological polar surface area (TPSA) is 125 Å². The predicted octanol–water partition coefficient (Wildman–Crippen LogP) is -2.21. The monoisotopic (exact) mass is 284 g/mol. The molecule has 8 heteroatoms. The van der Waals surface area contributed by atoms with Crippen LogP contribution in [0, 0.1) is 12.3 Å². The van der Waals surface area contributed by atoms with Gasteiger partial charge in [0, 0.05) is 12.3 Å². The second-order valence-corrected chi connectivity index (χ2v) is 4.03. The van der Waals surface area contributed by atoms with Gasteiger partial charge in [0.25, 0.3) is 5.56 Å². The van der Waals surface area contributed by atoms with Gasteiger partial charge in [0.2, 0.25) is 0 Å². The molecule has 4 N–H and O–H groups in total. The lowest BCUT2D eigenvalue weighted by molar-refractivity contribution is -0.0550. The van der Waals surface area contributed by atoms with Crippen molar-refractivity contribution in [3.63, 3.8) is 0 Å². The molecule has 2 heterocycles. The Morgan fingerprint density at radius 1 is 1.45 bits per heavy atom. The summed E-state index contributed by atoms with van der Waals surface area (Å²) in [4.78, 5) is 24.3. The Kier molecular flexibility index (Phi) is 5.66. The molecule has 1 aromatic rings. The van der Waals surface area contributed by atoms with E-state index in [-0.39, 0.29) is 0 Å². The molecule has 8 nitrogen and oxygen atoms in total. The number of nitrogens with zero attached hydrogens (tertiary/aromatic N) is 1. The van der Waals surface area contributed by atoms with Crippen LogP contribution in [0.2, 0.25) is 0 Å². The Morgan fingerprint density at radius 2 is 2.05 bits per heavy atom. The summed E-state index contributed by atoms with van der Waals surface area (Å²) >= 11 is 0. The maximum atomic E-state index is 11.4. The van der Waals surface area contributed by atoms with Crippen molar-refractivity contribution in [2.45, 2.75) is 31.5 Å². The van der Waals surface area contributed by atoms with Gasteiger partial charge < -0.3 is 20.1 Å². The van der Waals surface area contributed by atoms with Gasteiger partial charge in [-0.15, -0.1) is 12.3 Å².